The molecule has 1 atom stereocenters. The molecular formula is C20H21N3O6S. The fourth-order valence-corrected chi connectivity index (χ4v) is 3.84. The standard InChI is InChI=1S/C20H21N3O6S/c1-20(19(25)22-26,30(2,27)28)8-10-23-9-7-16(11-18(23)24)14-3-5-15(6-4-14)17-12-21-29-13-17/h3-7,9,11-13,26H,8,10H2,1-2H3,(H,22,25)/t20-/m1/s1. The molecule has 0 aliphatic heterocycles. The van der Waals surface area contributed by atoms with E-state index >= 15 is 0 Å². The summed E-state index contributed by atoms with van der Waals surface area (Å²) in [5.41, 5.74) is 4.36. The molecular weight excluding hydrogens is 410 g/mol. The van der Waals surface area contributed by atoms with Gasteiger partial charge in [0.05, 0.1) is 6.20 Å². The highest BCUT2D eigenvalue weighted by Crippen LogP contribution is 2.25. The maximum absolute atomic E-state index is 12.5. The van der Waals surface area contributed by atoms with Gasteiger partial charge in [0, 0.05) is 30.6 Å². The first-order valence-electron chi connectivity index (χ1n) is 9.00. The van der Waals surface area contributed by atoms with Gasteiger partial charge in [-0.2, -0.15) is 0 Å². The van der Waals surface area contributed by atoms with Gasteiger partial charge in [0.1, 0.15) is 6.26 Å². The Labute approximate surface area is 172 Å². The van der Waals surface area contributed by atoms with Crippen LogP contribution >= 0.6 is 0 Å². The van der Waals surface area contributed by atoms with Gasteiger partial charge >= 0.3 is 0 Å². The monoisotopic (exact) mass is 431 g/mol. The number of hydroxylamine groups is 1. The van der Waals surface area contributed by atoms with Crippen molar-refractivity contribution < 1.29 is 22.9 Å². The molecule has 10 heteroatoms. The number of carbonyl (C=O) groups is 1. The third-order valence-electron chi connectivity index (χ3n) is 5.21. The van der Waals surface area contributed by atoms with Gasteiger partial charge < -0.3 is 9.09 Å². The van der Waals surface area contributed by atoms with Gasteiger partial charge in [-0.15, -0.1) is 0 Å². The van der Waals surface area contributed by atoms with E-state index in [1.54, 1.807) is 18.5 Å². The predicted molar refractivity (Wildman–Crippen MR) is 109 cm³/mol. The number of hydrogen-bond donors (Lipinski definition) is 2. The second-order valence-electron chi connectivity index (χ2n) is 7.13. The molecule has 0 aliphatic carbocycles. The summed E-state index contributed by atoms with van der Waals surface area (Å²) in [7, 11) is -3.83. The van der Waals surface area contributed by atoms with E-state index in [9.17, 15) is 18.0 Å². The van der Waals surface area contributed by atoms with Gasteiger partial charge in [-0.25, -0.2) is 13.9 Å². The van der Waals surface area contributed by atoms with E-state index < -0.39 is 20.5 Å². The van der Waals surface area contributed by atoms with Crippen LogP contribution in [0.25, 0.3) is 22.3 Å². The number of aryl methyl sites for hydroxylation is 1. The average Bonchev–Trinajstić information content (AvgIpc) is 3.26. The largest absolute Gasteiger partial charge is 0.364 e. The van der Waals surface area contributed by atoms with Crippen LogP contribution in [-0.4, -0.2) is 40.3 Å². The van der Waals surface area contributed by atoms with Crippen molar-refractivity contribution in [2.75, 3.05) is 6.26 Å². The first kappa shape index (κ1) is 21.5. The first-order chi connectivity index (χ1) is 14.2. The molecule has 1 amide bonds. The number of hydrogen-bond acceptors (Lipinski definition) is 7. The van der Waals surface area contributed by atoms with Crippen molar-refractivity contribution in [3.05, 3.63) is 65.4 Å². The number of rotatable bonds is 7. The maximum Gasteiger partial charge on any atom is 0.264 e. The molecule has 0 unspecified atom stereocenters. The molecule has 2 aromatic heterocycles. The van der Waals surface area contributed by atoms with E-state index in [1.807, 2.05) is 24.3 Å². The second-order valence-corrected chi connectivity index (χ2v) is 9.58. The van der Waals surface area contributed by atoms with Crippen molar-refractivity contribution in [2.45, 2.75) is 24.6 Å². The molecule has 3 rings (SSSR count). The van der Waals surface area contributed by atoms with Gasteiger partial charge in [0.15, 0.2) is 14.6 Å². The summed E-state index contributed by atoms with van der Waals surface area (Å²) in [6.45, 7) is 1.20. The number of nitrogens with zero attached hydrogens (tertiary/aromatic N) is 2. The fourth-order valence-electron chi connectivity index (χ4n) is 2.99. The Morgan fingerprint density at radius 1 is 1.17 bits per heavy atom. The molecule has 0 radical (unpaired) electrons. The van der Waals surface area contributed by atoms with Gasteiger partial charge in [-0.05, 0) is 36.1 Å². The highest BCUT2D eigenvalue weighted by Gasteiger charge is 2.43. The Morgan fingerprint density at radius 2 is 1.80 bits per heavy atom. The lowest BCUT2D eigenvalue weighted by molar-refractivity contribution is -0.131. The van der Waals surface area contributed by atoms with Crippen LogP contribution in [0.4, 0.5) is 0 Å². The molecule has 2 heterocycles. The summed E-state index contributed by atoms with van der Waals surface area (Å²) >= 11 is 0. The molecule has 30 heavy (non-hydrogen) atoms. The van der Waals surface area contributed by atoms with E-state index in [2.05, 4.69) is 5.16 Å². The van der Waals surface area contributed by atoms with E-state index in [0.29, 0.717) is 5.56 Å². The Morgan fingerprint density at radius 3 is 2.30 bits per heavy atom. The third-order valence-corrected chi connectivity index (χ3v) is 7.24. The normalized spacial score (nSPS) is 13.6. The Balaban J connectivity index is 1.80. The quantitative estimate of drug-likeness (QED) is 0.431. The Bertz CT molecular complexity index is 1200. The number of aromatic nitrogens is 2. The maximum atomic E-state index is 12.5. The SMILES string of the molecule is C[C@@](CCn1ccc(-c2ccc(-c3cnoc3)cc2)cc1=O)(C(=O)NO)S(C)(=O)=O. The lowest BCUT2D eigenvalue weighted by atomic mass is 10.0. The van der Waals surface area contributed by atoms with Crippen molar-refractivity contribution in [1.29, 1.82) is 0 Å². The predicted octanol–water partition coefficient (Wildman–Crippen LogP) is 1.87. The van der Waals surface area contributed by atoms with Crippen molar-refractivity contribution in [2.24, 2.45) is 0 Å². The van der Waals surface area contributed by atoms with Crippen LogP contribution < -0.4 is 11.0 Å². The minimum atomic E-state index is -3.83. The number of sulfone groups is 1. The van der Waals surface area contributed by atoms with Crippen molar-refractivity contribution in [3.63, 3.8) is 0 Å². The number of carbonyl (C=O) groups excluding carboxylic acids is 1. The minimum Gasteiger partial charge on any atom is -0.364 e. The number of nitrogens with one attached hydrogen (secondary N) is 1. The molecule has 1 aromatic carbocycles. The summed E-state index contributed by atoms with van der Waals surface area (Å²) in [5, 5.41) is 12.6. The molecule has 2 N–H and O–H groups in total. The van der Waals surface area contributed by atoms with Crippen LogP contribution in [0.5, 0.6) is 0 Å². The molecule has 0 saturated carbocycles. The van der Waals surface area contributed by atoms with Crippen LogP contribution in [0.15, 0.2) is 64.4 Å². The molecule has 9 nitrogen and oxygen atoms in total. The second kappa shape index (κ2) is 8.25. The van der Waals surface area contributed by atoms with Crippen LogP contribution in [0, 0.1) is 0 Å². The lowest BCUT2D eigenvalue weighted by Crippen LogP contribution is -2.49. The van der Waals surface area contributed by atoms with Crippen molar-refractivity contribution in [1.82, 2.24) is 15.2 Å². The lowest BCUT2D eigenvalue weighted by Gasteiger charge is -2.25. The summed E-state index contributed by atoms with van der Waals surface area (Å²) in [5.74, 6) is -1.04. The van der Waals surface area contributed by atoms with E-state index in [4.69, 9.17) is 9.73 Å². The molecule has 0 spiro atoms. The van der Waals surface area contributed by atoms with Gasteiger partial charge in [0.25, 0.3) is 11.5 Å². The topological polar surface area (TPSA) is 132 Å². The molecule has 158 valence electrons. The van der Waals surface area contributed by atoms with Gasteiger partial charge in [-0.3, -0.25) is 14.8 Å². The summed E-state index contributed by atoms with van der Waals surface area (Å²) in [4.78, 5) is 24.4. The Kier molecular flexibility index (Phi) is 5.90. The van der Waals surface area contributed by atoms with Crippen molar-refractivity contribution >= 4 is 15.7 Å². The van der Waals surface area contributed by atoms with Gasteiger partial charge in [-0.1, -0.05) is 29.4 Å². The summed E-state index contributed by atoms with van der Waals surface area (Å²) < 4.78 is 28.4. The Hall–Kier alpha value is -3.24. The van der Waals surface area contributed by atoms with E-state index in [-0.39, 0.29) is 18.5 Å². The first-order valence-corrected chi connectivity index (χ1v) is 10.9. The van der Waals surface area contributed by atoms with E-state index in [0.717, 1.165) is 22.9 Å². The number of benzene rings is 1. The van der Waals surface area contributed by atoms with Crippen LogP contribution in [-0.2, 0) is 21.2 Å². The molecule has 0 bridgehead atoms. The van der Waals surface area contributed by atoms with Crippen LogP contribution in [0.3, 0.4) is 0 Å². The fraction of sp³-hybridized carbons (Fsp3) is 0.250. The van der Waals surface area contributed by atoms with E-state index in [1.165, 1.54) is 29.3 Å². The van der Waals surface area contributed by atoms with Crippen LogP contribution in [0.2, 0.25) is 0 Å². The zero-order chi connectivity index (χ0) is 21.9. The highest BCUT2D eigenvalue weighted by molar-refractivity contribution is 7.92. The van der Waals surface area contributed by atoms with Crippen molar-refractivity contribution in [3.8, 4) is 22.3 Å². The van der Waals surface area contributed by atoms with Gasteiger partial charge in [0.2, 0.25) is 0 Å². The number of amides is 1. The highest BCUT2D eigenvalue weighted by atomic mass is 32.2. The van der Waals surface area contributed by atoms with Crippen LogP contribution in [0.1, 0.15) is 13.3 Å². The third kappa shape index (κ3) is 4.19. The molecule has 0 aliphatic rings. The molecule has 0 fully saturated rings. The molecule has 0 saturated heterocycles. The summed E-state index contributed by atoms with van der Waals surface area (Å²) in [6, 6.07) is 10.7. The minimum absolute atomic E-state index is 0.0114. The zero-order valence-corrected chi connectivity index (χ0v) is 17.2. The smallest absolute Gasteiger partial charge is 0.264 e. The summed E-state index contributed by atoms with van der Waals surface area (Å²) in [6.07, 6.45) is 5.43. The average molecular weight is 431 g/mol. The zero-order valence-electron chi connectivity index (χ0n) is 16.4. The molecule has 3 aromatic rings. The number of pyridine rings is 1.